The number of rotatable bonds is 5. The molecule has 241 valence electrons. The molecule has 0 N–H and O–H groups in total. The minimum absolute atomic E-state index is 0. The Morgan fingerprint density at radius 2 is 1.60 bits per heavy atom. The van der Waals surface area contributed by atoms with Crippen molar-refractivity contribution in [3.8, 4) is 17.0 Å². The van der Waals surface area contributed by atoms with Crippen LogP contribution in [0.3, 0.4) is 0 Å². The van der Waals surface area contributed by atoms with E-state index in [0.717, 1.165) is 50.9 Å². The van der Waals surface area contributed by atoms with Gasteiger partial charge in [-0.3, -0.25) is 4.98 Å². The van der Waals surface area contributed by atoms with Crippen LogP contribution in [0.1, 0.15) is 100 Å². The summed E-state index contributed by atoms with van der Waals surface area (Å²) in [7, 11) is -2.28. The quantitative estimate of drug-likeness (QED) is 0.149. The van der Waals surface area contributed by atoms with E-state index >= 15 is 0 Å². The van der Waals surface area contributed by atoms with Gasteiger partial charge in [0.1, 0.15) is 0 Å². The van der Waals surface area contributed by atoms with Gasteiger partial charge >= 0.3 is 0 Å². The Labute approximate surface area is 284 Å². The Hall–Kier alpha value is -2.25. The van der Waals surface area contributed by atoms with Crippen molar-refractivity contribution < 1.29 is 29.4 Å². The Kier molecular flexibility index (Phi) is 11.4. The molecular weight excluding hydrogens is 750 g/mol. The second-order valence-electron chi connectivity index (χ2n) is 13.7. The molecule has 3 nitrogen and oxygen atoms in total. The summed E-state index contributed by atoms with van der Waals surface area (Å²) < 4.78 is 20.1. The minimum Gasteiger partial charge on any atom is -0.533 e. The summed E-state index contributed by atoms with van der Waals surface area (Å²) in [6.45, 7) is 9.25. The SMILES string of the molecule is Cc1[c-]c2c(c(C)c1)OCc1cc3c(CC(C)C)cccc3nc1-2.O=P(c1[c-]cccc1)(C1CCCCC1)C1CCCCC1.[Ir]. The fourth-order valence-corrected chi connectivity index (χ4v) is 12.1. The summed E-state index contributed by atoms with van der Waals surface area (Å²) in [5, 5.41) is 2.31. The largest absolute Gasteiger partial charge is 0.533 e. The molecule has 0 unspecified atom stereocenters. The van der Waals surface area contributed by atoms with Gasteiger partial charge in [-0.05, 0) is 60.9 Å². The van der Waals surface area contributed by atoms with E-state index in [1.807, 2.05) is 18.2 Å². The Balaban J connectivity index is 0.000000177. The van der Waals surface area contributed by atoms with Crippen LogP contribution in [0.4, 0.5) is 0 Å². The third kappa shape index (κ3) is 7.35. The summed E-state index contributed by atoms with van der Waals surface area (Å²) in [6, 6.07) is 25.7. The van der Waals surface area contributed by atoms with Crippen LogP contribution in [0.15, 0.2) is 54.6 Å². The molecule has 1 aromatic heterocycles. The Morgan fingerprint density at radius 3 is 2.22 bits per heavy atom. The number of hydrogen-bond donors (Lipinski definition) is 0. The van der Waals surface area contributed by atoms with Gasteiger partial charge in [0.2, 0.25) is 0 Å². The molecule has 3 aromatic carbocycles. The van der Waals surface area contributed by atoms with Crippen LogP contribution >= 0.6 is 7.14 Å². The first-order valence-electron chi connectivity index (χ1n) is 17.0. The zero-order valence-electron chi connectivity index (χ0n) is 27.5. The van der Waals surface area contributed by atoms with E-state index < -0.39 is 7.14 Å². The number of aryl methyl sites for hydroxylation is 2. The van der Waals surface area contributed by atoms with Crippen LogP contribution in [0, 0.1) is 31.9 Å². The average molecular weight is 798 g/mol. The molecule has 5 heteroatoms. The predicted molar refractivity (Wildman–Crippen MR) is 185 cm³/mol. The van der Waals surface area contributed by atoms with Crippen LogP contribution in [0.2, 0.25) is 0 Å². The first-order chi connectivity index (χ1) is 21.3. The van der Waals surface area contributed by atoms with Gasteiger partial charge in [-0.25, -0.2) is 0 Å². The van der Waals surface area contributed by atoms with Gasteiger partial charge in [-0.15, -0.1) is 23.0 Å². The van der Waals surface area contributed by atoms with E-state index in [4.69, 9.17) is 9.72 Å². The number of benzene rings is 3. The molecular formula is C40H48IrNO2P-2. The van der Waals surface area contributed by atoms with Crippen LogP contribution < -0.4 is 10.0 Å². The molecule has 3 aliphatic rings. The molecule has 2 fully saturated rings. The van der Waals surface area contributed by atoms with Crippen LogP contribution in [-0.2, 0) is 37.7 Å². The van der Waals surface area contributed by atoms with Crippen molar-refractivity contribution in [2.45, 2.75) is 116 Å². The van der Waals surface area contributed by atoms with E-state index in [9.17, 15) is 4.57 Å². The molecule has 0 atom stereocenters. The third-order valence-electron chi connectivity index (χ3n) is 9.91. The summed E-state index contributed by atoms with van der Waals surface area (Å²) in [6.07, 6.45) is 13.5. The Bertz CT molecular complexity index is 1620. The molecule has 1 aliphatic heterocycles. The molecule has 45 heavy (non-hydrogen) atoms. The van der Waals surface area contributed by atoms with Crippen LogP contribution in [-0.4, -0.2) is 16.3 Å². The molecule has 2 heterocycles. The van der Waals surface area contributed by atoms with Gasteiger partial charge in [0.15, 0.2) is 0 Å². The van der Waals surface area contributed by atoms with Gasteiger partial charge in [0.25, 0.3) is 0 Å². The maximum absolute atomic E-state index is 14.1. The van der Waals surface area contributed by atoms with Crippen LogP contribution in [0.25, 0.3) is 22.2 Å². The zero-order valence-corrected chi connectivity index (χ0v) is 30.7. The normalized spacial score (nSPS) is 17.0. The van der Waals surface area contributed by atoms with Gasteiger partial charge in [-0.2, -0.15) is 30.3 Å². The second kappa shape index (κ2) is 15.1. The predicted octanol–water partition coefficient (Wildman–Crippen LogP) is 10.5. The fourth-order valence-electron chi connectivity index (χ4n) is 7.84. The number of fused-ring (bicyclic) bond motifs is 4. The maximum atomic E-state index is 14.1. The van der Waals surface area contributed by atoms with Gasteiger partial charge in [0.05, 0.1) is 19.3 Å². The molecule has 7 rings (SSSR count). The molecule has 4 aromatic rings. The van der Waals surface area contributed by atoms with Crippen LogP contribution in [0.5, 0.6) is 5.75 Å². The van der Waals surface area contributed by atoms with Gasteiger partial charge in [-0.1, -0.05) is 95.5 Å². The van der Waals surface area contributed by atoms with Crippen molar-refractivity contribution in [3.05, 3.63) is 89.0 Å². The number of hydrogen-bond acceptors (Lipinski definition) is 3. The van der Waals surface area contributed by atoms with E-state index in [-0.39, 0.29) is 20.1 Å². The number of aromatic nitrogens is 1. The number of pyridine rings is 1. The third-order valence-corrected chi connectivity index (χ3v) is 14.1. The monoisotopic (exact) mass is 798 g/mol. The summed E-state index contributed by atoms with van der Waals surface area (Å²) >= 11 is 0. The molecule has 0 bridgehead atoms. The first kappa shape index (κ1) is 34.1. The Morgan fingerprint density at radius 1 is 0.911 bits per heavy atom. The molecule has 0 saturated heterocycles. The number of ether oxygens (including phenoxy) is 1. The van der Waals surface area contributed by atoms with E-state index in [1.54, 1.807) is 0 Å². The molecule has 1 radical (unpaired) electrons. The van der Waals surface area contributed by atoms with Crippen molar-refractivity contribution in [3.63, 3.8) is 0 Å². The fraction of sp³-hybridized carbons (Fsp3) is 0.475. The molecule has 0 spiro atoms. The van der Waals surface area contributed by atoms with Crippen molar-refractivity contribution in [2.24, 2.45) is 5.92 Å². The maximum Gasteiger partial charge on any atom is 0.0978 e. The van der Waals surface area contributed by atoms with Crippen molar-refractivity contribution >= 4 is 23.3 Å². The van der Waals surface area contributed by atoms with Gasteiger partial charge < -0.3 is 9.30 Å². The second-order valence-corrected chi connectivity index (χ2v) is 17.1. The summed E-state index contributed by atoms with van der Waals surface area (Å²) in [4.78, 5) is 5.00. The summed E-state index contributed by atoms with van der Waals surface area (Å²) in [5.41, 5.74) is 8.78. The van der Waals surface area contributed by atoms with E-state index in [0.29, 0.717) is 23.8 Å². The molecule has 2 saturated carbocycles. The topological polar surface area (TPSA) is 39.2 Å². The van der Waals surface area contributed by atoms with E-state index in [1.165, 1.54) is 75.2 Å². The summed E-state index contributed by atoms with van der Waals surface area (Å²) in [5.74, 6) is 1.56. The smallest absolute Gasteiger partial charge is 0.0978 e. The molecule has 2 aliphatic carbocycles. The van der Waals surface area contributed by atoms with Crippen molar-refractivity contribution in [2.75, 3.05) is 0 Å². The molecule has 0 amide bonds. The van der Waals surface area contributed by atoms with Gasteiger partial charge in [0, 0.05) is 42.6 Å². The van der Waals surface area contributed by atoms with E-state index in [2.05, 4.69) is 76.2 Å². The standard InChI is InChI=1S/C22H22NO.C18H26OP.Ir/c1-13(2)8-16-6-5-7-20-18(16)11-17-12-24-22-15(4)9-14(3)10-19(22)21(17)23-20;19-20(16-10-4-1-5-11-16,17-12-6-2-7-13-17)18-14-8-3-9-15-18;/h5-7,9,11,13H,8,12H2,1-4H3;1,4-5,10,17-18H,2-3,6-9,12-15H2;/q2*-1;. The van der Waals surface area contributed by atoms with Crippen molar-refractivity contribution in [1.29, 1.82) is 0 Å². The zero-order chi connectivity index (χ0) is 30.7. The first-order valence-corrected chi connectivity index (χ1v) is 18.8. The van der Waals surface area contributed by atoms with Crippen molar-refractivity contribution in [1.82, 2.24) is 4.98 Å². The average Bonchev–Trinajstić information content (AvgIpc) is 3.05. The number of nitrogens with zero attached hydrogens (tertiary/aromatic N) is 1. The minimum atomic E-state index is -2.28.